The fourth-order valence-corrected chi connectivity index (χ4v) is 9.67. The Balaban J connectivity index is 0.000000189. The standard InChI is InChI=1S/C21H22N8OS.C18H19BrN6OS.C8H18N2.2CH4/c1-13-25-19(23-11-21-28-27-14(2)31-21)9-20(26-13)30-12-15-8-17(15)18-5-4-16(10-22-18)29-7-3-6-24-29;1-10-22-16(21-8-18-25-24-11(2)27-18)6-17(23-10)26-9-12-5-14(12)15-4-3-13(19)7-20-15;1-9-7-5-3-4-6-8(7)10-2;;/h3-7,9-10,15,17H,8,11-12H2,1-2H3,(H,23,25,26);3-4,6-7,12,14H,5,8-9H2,1-2H3,(H,21,22,23);7-10H,3-6H2,1-2H3;2*1H4/t15-,17+;12-,14+;7-,8-;;/m110../s1. The van der Waals surface area contributed by atoms with E-state index in [-0.39, 0.29) is 14.9 Å². The fourth-order valence-electron chi connectivity index (χ4n) is 8.14. The number of pyridine rings is 2. The Labute approximate surface area is 428 Å². The van der Waals surface area contributed by atoms with Crippen molar-refractivity contribution in [3.63, 3.8) is 0 Å². The third kappa shape index (κ3) is 15.7. The molecule has 4 N–H and O–H groups in total. The van der Waals surface area contributed by atoms with Crippen LogP contribution in [0.15, 0.2) is 71.7 Å². The number of hydrogen-bond donors (Lipinski definition) is 4. The normalized spacial score (nSPS) is 19.7. The van der Waals surface area contributed by atoms with Crippen LogP contribution in [0.25, 0.3) is 5.69 Å². The van der Waals surface area contributed by atoms with Crippen molar-refractivity contribution < 1.29 is 9.47 Å². The van der Waals surface area contributed by atoms with Gasteiger partial charge in [0.2, 0.25) is 11.8 Å². The van der Waals surface area contributed by atoms with Gasteiger partial charge >= 0.3 is 0 Å². The highest BCUT2D eigenvalue weighted by Crippen LogP contribution is 2.47. The summed E-state index contributed by atoms with van der Waals surface area (Å²) in [5.74, 6) is 5.78. The molecule has 21 heteroatoms. The lowest BCUT2D eigenvalue weighted by molar-refractivity contribution is 0.284. The average Bonchev–Trinajstić information content (AvgIpc) is 4.09. The highest BCUT2D eigenvalue weighted by atomic mass is 79.9. The molecule has 0 bridgehead atoms. The lowest BCUT2D eigenvalue weighted by Crippen LogP contribution is -2.47. The Morgan fingerprint density at radius 3 is 1.60 bits per heavy atom. The highest BCUT2D eigenvalue weighted by molar-refractivity contribution is 9.10. The zero-order valence-corrected chi connectivity index (χ0v) is 42.5. The molecule has 3 aliphatic rings. The van der Waals surface area contributed by atoms with Crippen molar-refractivity contribution in [3.05, 3.63) is 115 Å². The molecule has 0 aliphatic heterocycles. The molecule has 7 heterocycles. The van der Waals surface area contributed by atoms with Gasteiger partial charge in [0.15, 0.2) is 0 Å². The maximum Gasteiger partial charge on any atom is 0.218 e. The monoisotopic (exact) mass is 1050 g/mol. The largest absolute Gasteiger partial charge is 0.477 e. The number of likely N-dealkylation sites (N-methyl/N-ethyl adjacent to an activating group) is 2. The van der Waals surface area contributed by atoms with Gasteiger partial charge in [0.25, 0.3) is 0 Å². The van der Waals surface area contributed by atoms with E-state index in [0.29, 0.717) is 85.5 Å². The van der Waals surface area contributed by atoms with Gasteiger partial charge in [0.05, 0.1) is 38.2 Å². The van der Waals surface area contributed by atoms with Crippen molar-refractivity contribution in [2.45, 2.75) is 118 Å². The minimum absolute atomic E-state index is 0. The summed E-state index contributed by atoms with van der Waals surface area (Å²) < 4.78 is 14.7. The van der Waals surface area contributed by atoms with Crippen LogP contribution in [0, 0.1) is 39.5 Å². The molecule has 6 atom stereocenters. The minimum Gasteiger partial charge on any atom is -0.477 e. The lowest BCUT2D eigenvalue weighted by atomic mass is 9.91. The van der Waals surface area contributed by atoms with Gasteiger partial charge in [-0.15, -0.1) is 20.4 Å². The molecule has 0 spiro atoms. The second kappa shape index (κ2) is 26.0. The van der Waals surface area contributed by atoms with Gasteiger partial charge in [-0.1, -0.05) is 50.4 Å². The summed E-state index contributed by atoms with van der Waals surface area (Å²) in [6, 6.07) is 15.2. The van der Waals surface area contributed by atoms with E-state index in [1.165, 1.54) is 25.7 Å². The summed E-state index contributed by atoms with van der Waals surface area (Å²) in [5.41, 5.74) is 3.18. The number of halogens is 1. The summed E-state index contributed by atoms with van der Waals surface area (Å²) in [5, 5.41) is 37.5. The van der Waals surface area contributed by atoms with Crippen LogP contribution in [0.5, 0.6) is 11.8 Å². The molecular weight excluding hydrogens is 989 g/mol. The van der Waals surface area contributed by atoms with Crippen LogP contribution in [-0.4, -0.2) is 99.5 Å². The molecule has 0 amide bonds. The molecule has 7 aromatic heterocycles. The van der Waals surface area contributed by atoms with E-state index in [4.69, 9.17) is 9.47 Å². The molecule has 0 aromatic carbocycles. The van der Waals surface area contributed by atoms with Crippen molar-refractivity contribution >= 4 is 50.2 Å². The number of nitrogens with one attached hydrogen (secondary N) is 4. The molecule has 0 unspecified atom stereocenters. The van der Waals surface area contributed by atoms with E-state index in [2.05, 4.69) is 125 Å². The Bertz CT molecular complexity index is 2640. The summed E-state index contributed by atoms with van der Waals surface area (Å²) in [7, 11) is 4.11. The van der Waals surface area contributed by atoms with Crippen molar-refractivity contribution in [1.82, 2.24) is 70.7 Å². The Morgan fingerprint density at radius 1 is 0.671 bits per heavy atom. The number of aromatic nitrogens is 12. The van der Waals surface area contributed by atoms with E-state index in [9.17, 15) is 0 Å². The molecule has 3 fully saturated rings. The third-order valence-electron chi connectivity index (χ3n) is 11.9. The molecule has 0 radical (unpaired) electrons. The maximum atomic E-state index is 5.98. The van der Waals surface area contributed by atoms with Crippen LogP contribution >= 0.6 is 38.6 Å². The van der Waals surface area contributed by atoms with Gasteiger partial charge in [-0.2, -0.15) is 15.1 Å². The Hall–Kier alpha value is -5.61. The van der Waals surface area contributed by atoms with Gasteiger partial charge in [-0.05, 0) is 114 Å². The molecular formula is C49H67BrN16O2S2. The average molecular weight is 1060 g/mol. The second-order valence-corrected chi connectivity index (χ2v) is 20.6. The highest BCUT2D eigenvalue weighted by Gasteiger charge is 2.41. The van der Waals surface area contributed by atoms with Gasteiger partial charge < -0.3 is 30.7 Å². The molecule has 3 saturated carbocycles. The van der Waals surface area contributed by atoms with Crippen LogP contribution in [0.3, 0.4) is 0 Å². The van der Waals surface area contributed by atoms with Gasteiger partial charge in [-0.3, -0.25) is 9.97 Å². The first-order valence-corrected chi connectivity index (χ1v) is 25.5. The van der Waals surface area contributed by atoms with E-state index in [1.807, 2.05) is 70.6 Å². The van der Waals surface area contributed by atoms with Gasteiger partial charge in [0.1, 0.15) is 43.3 Å². The summed E-state index contributed by atoms with van der Waals surface area (Å²) in [4.78, 5) is 26.7. The molecule has 10 rings (SSSR count). The maximum absolute atomic E-state index is 5.98. The van der Waals surface area contributed by atoms with E-state index < -0.39 is 0 Å². The lowest BCUT2D eigenvalue weighted by Gasteiger charge is -2.30. The zero-order chi connectivity index (χ0) is 47.4. The summed E-state index contributed by atoms with van der Waals surface area (Å²) in [6.07, 6.45) is 15.0. The number of nitrogens with zero attached hydrogens (tertiary/aromatic N) is 12. The second-order valence-electron chi connectivity index (χ2n) is 17.1. The predicted molar refractivity (Wildman–Crippen MR) is 281 cm³/mol. The van der Waals surface area contributed by atoms with Crippen LogP contribution < -0.4 is 30.7 Å². The molecule has 18 nitrogen and oxygen atoms in total. The number of rotatable bonds is 17. The predicted octanol–water partition coefficient (Wildman–Crippen LogP) is 9.23. The molecule has 7 aromatic rings. The van der Waals surface area contributed by atoms with Crippen molar-refractivity contribution in [2.24, 2.45) is 11.8 Å². The fraction of sp³-hybridized carbons (Fsp3) is 0.490. The van der Waals surface area contributed by atoms with Crippen molar-refractivity contribution in [1.29, 1.82) is 0 Å². The van der Waals surface area contributed by atoms with Crippen LogP contribution in [0.1, 0.15) is 108 Å². The van der Waals surface area contributed by atoms with E-state index in [0.717, 1.165) is 66.1 Å². The number of hydrogen-bond acceptors (Lipinski definition) is 19. The summed E-state index contributed by atoms with van der Waals surface area (Å²) >= 11 is 6.55. The Kier molecular flexibility index (Phi) is 20.0. The Morgan fingerprint density at radius 2 is 1.19 bits per heavy atom. The van der Waals surface area contributed by atoms with Crippen LogP contribution in [0.4, 0.5) is 11.6 Å². The zero-order valence-electron chi connectivity index (χ0n) is 39.3. The molecule has 0 saturated heterocycles. The number of aryl methyl sites for hydroxylation is 4. The first-order valence-electron chi connectivity index (χ1n) is 23.0. The number of anilines is 2. The van der Waals surface area contributed by atoms with E-state index in [1.54, 1.807) is 33.6 Å². The molecule has 70 heavy (non-hydrogen) atoms. The van der Waals surface area contributed by atoms with E-state index >= 15 is 0 Å². The van der Waals surface area contributed by atoms with Gasteiger partial charge in [0, 0.05) is 82.3 Å². The molecule has 374 valence electrons. The topological polar surface area (TPSA) is 213 Å². The van der Waals surface area contributed by atoms with Crippen molar-refractivity contribution in [3.8, 4) is 17.4 Å². The minimum atomic E-state index is 0. The van der Waals surface area contributed by atoms with Crippen LogP contribution in [-0.2, 0) is 13.1 Å². The third-order valence-corrected chi connectivity index (χ3v) is 14.0. The quantitative estimate of drug-likeness (QED) is 0.0669. The molecule has 3 aliphatic carbocycles. The van der Waals surface area contributed by atoms with Crippen molar-refractivity contribution in [2.75, 3.05) is 37.9 Å². The summed E-state index contributed by atoms with van der Waals surface area (Å²) in [6.45, 7) is 10.0. The SMILES string of the molecule is C.C.CN[C@H]1CCCC[C@@H]1NC.Cc1nc(NCc2nnc(C)s2)cc(OC[C@H]2C[C@@H]2c2ccc(-n3cccn3)cn2)n1.Cc1nc(NCc2nnc(C)s2)cc(OC[C@H]2C[C@@H]2c2ccc(Br)cn2)n1. The van der Waals surface area contributed by atoms with Crippen LogP contribution in [0.2, 0.25) is 0 Å². The smallest absolute Gasteiger partial charge is 0.218 e. The first kappa shape index (κ1) is 53.7. The van der Waals surface area contributed by atoms with Gasteiger partial charge in [-0.25, -0.2) is 14.6 Å². The number of ether oxygens (including phenoxy) is 2. The first-order chi connectivity index (χ1) is 33.1.